The number of rotatable bonds is 2. The fourth-order valence-corrected chi connectivity index (χ4v) is 6.32. The van der Waals surface area contributed by atoms with Crippen LogP contribution in [0, 0.1) is 11.8 Å². The molecule has 25 heavy (non-hydrogen) atoms. The van der Waals surface area contributed by atoms with Crippen LogP contribution in [-0.2, 0) is 31.9 Å². The third kappa shape index (κ3) is 1.96. The Morgan fingerprint density at radius 3 is 2.40 bits per heavy atom. The van der Waals surface area contributed by atoms with Crippen molar-refractivity contribution in [1.82, 2.24) is 0 Å². The Morgan fingerprint density at radius 1 is 1.12 bits per heavy atom. The van der Waals surface area contributed by atoms with Gasteiger partial charge >= 0.3 is 5.97 Å². The predicted molar refractivity (Wildman–Crippen MR) is 89.7 cm³/mol. The summed E-state index contributed by atoms with van der Waals surface area (Å²) < 4.78 is 10.8. The van der Waals surface area contributed by atoms with Gasteiger partial charge in [-0.1, -0.05) is 0 Å². The lowest BCUT2D eigenvalue weighted by Crippen LogP contribution is -2.34. The highest BCUT2D eigenvalue weighted by Gasteiger charge is 2.63. The average molecular weight is 361 g/mol. The van der Waals surface area contributed by atoms with Crippen molar-refractivity contribution in [2.24, 2.45) is 11.8 Å². The number of anilines is 1. The highest BCUT2D eigenvalue weighted by molar-refractivity contribution is 7.17. The number of carbonyl (C=O) groups is 3. The standard InChI is InChI=1S/C18H19NO5S/c1-23-18(22)12-8-4-2-3-5-11(8)25-17(12)19-15(20)13-9-6-7-10(24-9)14(13)16(19)21/h9-10,13-14H,2-7H2,1H3/t9-,10-,13-,14+/m0/s1. The number of esters is 1. The summed E-state index contributed by atoms with van der Waals surface area (Å²) in [4.78, 5) is 40.9. The Morgan fingerprint density at radius 2 is 1.76 bits per heavy atom. The molecule has 1 aromatic rings. The second-order valence-corrected chi connectivity index (χ2v) is 8.32. The van der Waals surface area contributed by atoms with Gasteiger partial charge in [0.25, 0.3) is 0 Å². The van der Waals surface area contributed by atoms with Crippen molar-refractivity contribution < 1.29 is 23.9 Å². The lowest BCUT2D eigenvalue weighted by Gasteiger charge is -2.17. The fraction of sp³-hybridized carbons (Fsp3) is 0.611. The molecule has 4 heterocycles. The van der Waals surface area contributed by atoms with Gasteiger partial charge in [-0.15, -0.1) is 11.3 Å². The maximum Gasteiger partial charge on any atom is 0.341 e. The van der Waals surface area contributed by atoms with Gasteiger partial charge < -0.3 is 9.47 Å². The van der Waals surface area contributed by atoms with Crippen molar-refractivity contribution in [2.45, 2.75) is 50.7 Å². The van der Waals surface area contributed by atoms with Crippen molar-refractivity contribution in [3.8, 4) is 0 Å². The minimum atomic E-state index is -0.453. The number of hydrogen-bond acceptors (Lipinski definition) is 6. The van der Waals surface area contributed by atoms with E-state index in [2.05, 4.69) is 0 Å². The third-order valence-corrected chi connectivity index (χ3v) is 7.31. The van der Waals surface area contributed by atoms with E-state index < -0.39 is 5.97 Å². The van der Waals surface area contributed by atoms with E-state index in [1.54, 1.807) is 0 Å². The number of carbonyl (C=O) groups excluding carboxylic acids is 3. The van der Waals surface area contributed by atoms with Crippen LogP contribution in [0.3, 0.4) is 0 Å². The normalized spacial score (nSPS) is 32.9. The molecule has 1 aliphatic carbocycles. The largest absolute Gasteiger partial charge is 0.465 e. The van der Waals surface area contributed by atoms with Gasteiger partial charge in [0.15, 0.2) is 0 Å². The summed E-state index contributed by atoms with van der Waals surface area (Å²) in [5.41, 5.74) is 1.40. The van der Waals surface area contributed by atoms with Crippen LogP contribution in [0.5, 0.6) is 0 Å². The molecule has 0 unspecified atom stereocenters. The zero-order chi connectivity index (χ0) is 17.3. The predicted octanol–water partition coefficient (Wildman–Crippen LogP) is 2.08. The molecule has 4 aliphatic rings. The molecule has 3 aliphatic heterocycles. The van der Waals surface area contributed by atoms with Gasteiger partial charge in [-0.3, -0.25) is 9.59 Å². The second kappa shape index (κ2) is 5.38. The van der Waals surface area contributed by atoms with Gasteiger partial charge in [0, 0.05) is 4.88 Å². The first-order chi connectivity index (χ1) is 12.1. The summed E-state index contributed by atoms with van der Waals surface area (Å²) in [5.74, 6) is -1.62. The Labute approximate surface area is 149 Å². The maximum absolute atomic E-state index is 13.0. The van der Waals surface area contributed by atoms with E-state index in [4.69, 9.17) is 9.47 Å². The number of ether oxygens (including phenoxy) is 2. The Bertz CT molecular complexity index is 772. The smallest absolute Gasteiger partial charge is 0.341 e. The molecule has 3 saturated heterocycles. The van der Waals surface area contributed by atoms with Crippen molar-refractivity contribution in [2.75, 3.05) is 12.0 Å². The van der Waals surface area contributed by atoms with Crippen molar-refractivity contribution >= 4 is 34.1 Å². The lowest BCUT2D eigenvalue weighted by molar-refractivity contribution is -0.124. The molecule has 7 heteroatoms. The van der Waals surface area contributed by atoms with Crippen LogP contribution in [0.2, 0.25) is 0 Å². The van der Waals surface area contributed by atoms with Gasteiger partial charge in [0.1, 0.15) is 5.00 Å². The number of imide groups is 1. The van der Waals surface area contributed by atoms with E-state index in [0.717, 1.165) is 49.0 Å². The van der Waals surface area contributed by atoms with E-state index in [1.807, 2.05) is 0 Å². The van der Waals surface area contributed by atoms with E-state index in [-0.39, 0.29) is 35.9 Å². The van der Waals surface area contributed by atoms with Crippen molar-refractivity contribution in [1.29, 1.82) is 0 Å². The molecular weight excluding hydrogens is 342 g/mol. The first-order valence-electron chi connectivity index (χ1n) is 8.88. The molecule has 0 N–H and O–H groups in total. The number of aryl methyl sites for hydroxylation is 1. The van der Waals surface area contributed by atoms with Crippen LogP contribution in [0.1, 0.15) is 46.5 Å². The second-order valence-electron chi connectivity index (χ2n) is 7.24. The highest BCUT2D eigenvalue weighted by atomic mass is 32.1. The first kappa shape index (κ1) is 15.5. The Kier molecular flexibility index (Phi) is 3.34. The lowest BCUT2D eigenvalue weighted by atomic mass is 9.81. The molecule has 0 saturated carbocycles. The summed E-state index contributed by atoms with van der Waals surface area (Å²) in [6, 6.07) is 0. The minimum absolute atomic E-state index is 0.146. The van der Waals surface area contributed by atoms with E-state index in [0.29, 0.717) is 10.6 Å². The molecule has 5 rings (SSSR count). The SMILES string of the molecule is COC(=O)c1c(N2C(=O)[C@@H]3[C@H](C2=O)[C@@H]2CC[C@@H]3O2)sc2c1CCCC2. The molecular formula is C18H19NO5S. The molecule has 3 fully saturated rings. The highest BCUT2D eigenvalue weighted by Crippen LogP contribution is 2.51. The van der Waals surface area contributed by atoms with Crippen LogP contribution in [0.4, 0.5) is 5.00 Å². The molecule has 6 nitrogen and oxygen atoms in total. The number of methoxy groups -OCH3 is 1. The van der Waals surface area contributed by atoms with Gasteiger partial charge in [0.05, 0.1) is 36.7 Å². The molecule has 132 valence electrons. The van der Waals surface area contributed by atoms with Gasteiger partial charge in [-0.05, 0) is 44.1 Å². The number of hydrogen-bond donors (Lipinski definition) is 0. The van der Waals surface area contributed by atoms with Crippen molar-refractivity contribution in [3.05, 3.63) is 16.0 Å². The molecule has 4 atom stereocenters. The Hall–Kier alpha value is -1.73. The zero-order valence-corrected chi connectivity index (χ0v) is 14.8. The summed E-state index contributed by atoms with van der Waals surface area (Å²) in [7, 11) is 1.34. The zero-order valence-electron chi connectivity index (χ0n) is 13.9. The fourth-order valence-electron chi connectivity index (χ4n) is 4.93. The molecule has 2 bridgehead atoms. The average Bonchev–Trinajstić information content (AvgIpc) is 3.36. The molecule has 0 aromatic carbocycles. The minimum Gasteiger partial charge on any atom is -0.465 e. The van der Waals surface area contributed by atoms with Crippen LogP contribution >= 0.6 is 11.3 Å². The van der Waals surface area contributed by atoms with Crippen LogP contribution in [-0.4, -0.2) is 37.1 Å². The topological polar surface area (TPSA) is 72.9 Å². The van der Waals surface area contributed by atoms with Crippen LogP contribution < -0.4 is 4.90 Å². The van der Waals surface area contributed by atoms with E-state index >= 15 is 0 Å². The van der Waals surface area contributed by atoms with Gasteiger partial charge in [-0.2, -0.15) is 0 Å². The van der Waals surface area contributed by atoms with Gasteiger partial charge in [-0.25, -0.2) is 9.69 Å². The maximum atomic E-state index is 13.0. The van der Waals surface area contributed by atoms with Crippen LogP contribution in [0.15, 0.2) is 0 Å². The third-order valence-electron chi connectivity index (χ3n) is 6.03. The van der Waals surface area contributed by atoms with Gasteiger partial charge in [0.2, 0.25) is 11.8 Å². The summed E-state index contributed by atoms with van der Waals surface area (Å²) in [6.07, 6.45) is 5.15. The Balaban J connectivity index is 1.62. The van der Waals surface area contributed by atoms with Crippen LogP contribution in [0.25, 0.3) is 0 Å². The number of nitrogens with zero attached hydrogens (tertiary/aromatic N) is 1. The first-order valence-corrected chi connectivity index (χ1v) is 9.69. The number of fused-ring (bicyclic) bond motifs is 6. The molecule has 0 spiro atoms. The summed E-state index contributed by atoms with van der Waals surface area (Å²) in [5, 5.41) is 0.475. The van der Waals surface area contributed by atoms with Crippen molar-refractivity contribution in [3.63, 3.8) is 0 Å². The molecule has 1 aromatic heterocycles. The van der Waals surface area contributed by atoms with E-state index in [1.165, 1.54) is 23.3 Å². The monoisotopic (exact) mass is 361 g/mol. The number of thiophene rings is 1. The molecule has 0 radical (unpaired) electrons. The summed E-state index contributed by atoms with van der Waals surface area (Å²) in [6.45, 7) is 0. The van der Waals surface area contributed by atoms with E-state index in [9.17, 15) is 14.4 Å². The summed E-state index contributed by atoms with van der Waals surface area (Å²) >= 11 is 1.41. The molecule has 2 amide bonds. The quantitative estimate of drug-likeness (QED) is 0.596. The number of amides is 2.